The van der Waals surface area contributed by atoms with Crippen molar-refractivity contribution in [2.45, 2.75) is 18.4 Å². The van der Waals surface area contributed by atoms with Crippen molar-refractivity contribution >= 4 is 17.6 Å². The molecule has 3 rings (SSSR count). The normalized spacial score (nSPS) is 21.0. The maximum absolute atomic E-state index is 11.6. The minimum atomic E-state index is -0.0843. The number of hydrogen-bond acceptors (Lipinski definition) is 3. The number of rotatable bonds is 5. The van der Waals surface area contributed by atoms with Crippen LogP contribution in [-0.4, -0.2) is 50.3 Å². The number of hydrogen-bond donors (Lipinski definition) is 2. The average Bonchev–Trinajstić information content (AvgIpc) is 2.94. The van der Waals surface area contributed by atoms with Crippen molar-refractivity contribution in [1.82, 2.24) is 15.5 Å². The molecule has 1 aromatic carbocycles. The van der Waals surface area contributed by atoms with Crippen molar-refractivity contribution in [3.05, 3.63) is 34.9 Å². The fourth-order valence-electron chi connectivity index (χ4n) is 3.21. The topological polar surface area (TPSA) is 53.6 Å². The number of carbonyl (C=O) groups is 1. The van der Waals surface area contributed by atoms with E-state index in [2.05, 4.69) is 22.8 Å². The predicted molar refractivity (Wildman–Crippen MR) is 86.2 cm³/mol. The van der Waals surface area contributed by atoms with Gasteiger partial charge in [0.1, 0.15) is 0 Å². The molecule has 22 heavy (non-hydrogen) atoms. The second-order valence-electron chi connectivity index (χ2n) is 5.85. The van der Waals surface area contributed by atoms with Gasteiger partial charge in [0.05, 0.1) is 0 Å². The van der Waals surface area contributed by atoms with Crippen LogP contribution in [0.5, 0.6) is 0 Å². The van der Waals surface area contributed by atoms with E-state index in [4.69, 9.17) is 16.3 Å². The highest BCUT2D eigenvalue weighted by Gasteiger charge is 2.34. The molecule has 5 nitrogen and oxygen atoms in total. The minimum absolute atomic E-state index is 0.0364. The molecule has 0 aliphatic carbocycles. The van der Waals surface area contributed by atoms with Crippen LogP contribution < -0.4 is 10.6 Å². The summed E-state index contributed by atoms with van der Waals surface area (Å²) in [6.07, 6.45) is 1.86. The molecule has 6 heteroatoms. The summed E-state index contributed by atoms with van der Waals surface area (Å²) in [6.45, 7) is 4.53. The van der Waals surface area contributed by atoms with Crippen molar-refractivity contribution in [2.75, 3.05) is 39.4 Å². The summed E-state index contributed by atoms with van der Waals surface area (Å²) in [4.78, 5) is 13.4. The number of urea groups is 1. The Labute approximate surface area is 136 Å². The van der Waals surface area contributed by atoms with Crippen molar-refractivity contribution in [1.29, 1.82) is 0 Å². The standard InChI is InChI=1S/C16H22ClN3O2/c17-14-3-1-13(2-4-14)16(5-11-22-12-6-16)19-8-10-20-9-7-18-15(20)21/h1-4,19H,5-12H2,(H,18,21). The molecule has 0 spiro atoms. The molecule has 1 aromatic rings. The predicted octanol–water partition coefficient (Wildman–Crippen LogP) is 1.96. The van der Waals surface area contributed by atoms with Crippen LogP contribution in [0.2, 0.25) is 5.02 Å². The lowest BCUT2D eigenvalue weighted by Crippen LogP contribution is -2.49. The Balaban J connectivity index is 1.66. The molecule has 0 radical (unpaired) electrons. The molecule has 2 heterocycles. The number of ether oxygens (including phenoxy) is 1. The average molecular weight is 324 g/mol. The van der Waals surface area contributed by atoms with Crippen molar-refractivity contribution in [3.63, 3.8) is 0 Å². The molecule has 0 bridgehead atoms. The fourth-order valence-corrected chi connectivity index (χ4v) is 3.34. The molecule has 2 fully saturated rings. The zero-order valence-corrected chi connectivity index (χ0v) is 13.4. The van der Waals surface area contributed by atoms with Crippen LogP contribution in [0.15, 0.2) is 24.3 Å². The van der Waals surface area contributed by atoms with Gasteiger partial charge in [0.25, 0.3) is 0 Å². The smallest absolute Gasteiger partial charge is 0.317 e. The lowest BCUT2D eigenvalue weighted by atomic mass is 9.82. The SMILES string of the molecule is O=C1NCCN1CCNC1(c2ccc(Cl)cc2)CCOCC1. The summed E-state index contributed by atoms with van der Waals surface area (Å²) < 4.78 is 5.53. The molecule has 0 atom stereocenters. The van der Waals surface area contributed by atoms with E-state index >= 15 is 0 Å². The van der Waals surface area contributed by atoms with Gasteiger partial charge >= 0.3 is 6.03 Å². The number of amides is 2. The van der Waals surface area contributed by atoms with Crippen LogP contribution in [0.25, 0.3) is 0 Å². The van der Waals surface area contributed by atoms with E-state index in [1.54, 1.807) is 0 Å². The number of nitrogens with one attached hydrogen (secondary N) is 2. The first-order chi connectivity index (χ1) is 10.7. The first kappa shape index (κ1) is 15.6. The van der Waals surface area contributed by atoms with Crippen LogP contribution in [0.3, 0.4) is 0 Å². The second-order valence-corrected chi connectivity index (χ2v) is 6.28. The van der Waals surface area contributed by atoms with E-state index in [1.807, 2.05) is 17.0 Å². The molecule has 0 aromatic heterocycles. The Morgan fingerprint density at radius 1 is 1.27 bits per heavy atom. The third kappa shape index (κ3) is 3.37. The molecule has 0 saturated carbocycles. The van der Waals surface area contributed by atoms with Gasteiger partial charge in [0.15, 0.2) is 0 Å². The van der Waals surface area contributed by atoms with Crippen molar-refractivity contribution in [2.24, 2.45) is 0 Å². The molecule has 2 saturated heterocycles. The number of benzene rings is 1. The first-order valence-electron chi connectivity index (χ1n) is 7.81. The summed E-state index contributed by atoms with van der Waals surface area (Å²) in [5.74, 6) is 0. The Morgan fingerprint density at radius 3 is 2.64 bits per heavy atom. The van der Waals surface area contributed by atoms with Gasteiger partial charge in [0.2, 0.25) is 0 Å². The van der Waals surface area contributed by atoms with Gasteiger partial charge in [-0.05, 0) is 30.5 Å². The molecular formula is C16H22ClN3O2. The summed E-state index contributed by atoms with van der Waals surface area (Å²) in [6, 6.07) is 8.08. The minimum Gasteiger partial charge on any atom is -0.381 e. The van der Waals surface area contributed by atoms with Gasteiger partial charge in [-0.2, -0.15) is 0 Å². The van der Waals surface area contributed by atoms with E-state index in [-0.39, 0.29) is 11.6 Å². The number of halogens is 1. The van der Waals surface area contributed by atoms with Crippen molar-refractivity contribution < 1.29 is 9.53 Å². The van der Waals surface area contributed by atoms with Crippen LogP contribution in [-0.2, 0) is 10.3 Å². The summed E-state index contributed by atoms with van der Waals surface area (Å²) in [7, 11) is 0. The third-order valence-corrected chi connectivity index (χ3v) is 4.79. The van der Waals surface area contributed by atoms with Gasteiger partial charge in [-0.15, -0.1) is 0 Å². The van der Waals surface area contributed by atoms with Gasteiger partial charge < -0.3 is 20.3 Å². The fraction of sp³-hybridized carbons (Fsp3) is 0.562. The van der Waals surface area contributed by atoms with Crippen LogP contribution in [0.4, 0.5) is 4.79 Å². The summed E-state index contributed by atoms with van der Waals surface area (Å²) in [5.41, 5.74) is 1.16. The molecular weight excluding hydrogens is 302 g/mol. The lowest BCUT2D eigenvalue weighted by molar-refractivity contribution is 0.0361. The zero-order valence-electron chi connectivity index (χ0n) is 12.6. The maximum Gasteiger partial charge on any atom is 0.317 e. The number of nitrogens with zero attached hydrogens (tertiary/aromatic N) is 1. The van der Waals surface area contributed by atoms with E-state index in [0.29, 0.717) is 0 Å². The van der Waals surface area contributed by atoms with Crippen LogP contribution in [0.1, 0.15) is 18.4 Å². The molecule has 120 valence electrons. The maximum atomic E-state index is 11.6. The zero-order chi connectivity index (χ0) is 15.4. The number of carbonyl (C=O) groups excluding carboxylic acids is 1. The third-order valence-electron chi connectivity index (χ3n) is 4.53. The largest absolute Gasteiger partial charge is 0.381 e. The summed E-state index contributed by atoms with van der Waals surface area (Å²) in [5, 5.41) is 7.25. The highest BCUT2D eigenvalue weighted by Crippen LogP contribution is 2.32. The monoisotopic (exact) mass is 323 g/mol. The van der Waals surface area contributed by atoms with Gasteiger partial charge in [-0.25, -0.2) is 4.79 Å². The molecule has 2 aliphatic rings. The second kappa shape index (κ2) is 6.86. The summed E-state index contributed by atoms with van der Waals surface area (Å²) >= 11 is 6.01. The quantitative estimate of drug-likeness (QED) is 0.871. The lowest BCUT2D eigenvalue weighted by Gasteiger charge is -2.39. The van der Waals surface area contributed by atoms with E-state index in [9.17, 15) is 4.79 Å². The molecule has 0 unspecified atom stereocenters. The Hall–Kier alpha value is -1.30. The van der Waals surface area contributed by atoms with E-state index in [1.165, 1.54) is 5.56 Å². The molecule has 2 N–H and O–H groups in total. The van der Waals surface area contributed by atoms with Crippen molar-refractivity contribution in [3.8, 4) is 0 Å². The van der Waals surface area contributed by atoms with Gasteiger partial charge in [0, 0.05) is 50.0 Å². The Kier molecular flexibility index (Phi) is 4.86. The highest BCUT2D eigenvalue weighted by molar-refractivity contribution is 6.30. The highest BCUT2D eigenvalue weighted by atomic mass is 35.5. The molecule has 2 amide bonds. The molecule has 2 aliphatic heterocycles. The first-order valence-corrected chi connectivity index (χ1v) is 8.19. The van der Waals surface area contributed by atoms with Crippen LogP contribution in [0, 0.1) is 0 Å². The Morgan fingerprint density at radius 2 is 2.00 bits per heavy atom. The van der Waals surface area contributed by atoms with E-state index < -0.39 is 0 Å². The van der Waals surface area contributed by atoms with Gasteiger partial charge in [-0.3, -0.25) is 0 Å². The van der Waals surface area contributed by atoms with Crippen LogP contribution >= 0.6 is 11.6 Å². The van der Waals surface area contributed by atoms with E-state index in [0.717, 1.165) is 57.3 Å². The van der Waals surface area contributed by atoms with Gasteiger partial charge in [-0.1, -0.05) is 23.7 Å². The Bertz CT molecular complexity index is 515.